The monoisotopic (exact) mass is 884 g/mol. The van der Waals surface area contributed by atoms with E-state index >= 15 is 0 Å². The highest BCUT2D eigenvalue weighted by atomic mass is 16.5. The van der Waals surface area contributed by atoms with Crippen LogP contribution in [0.15, 0.2) is 48.6 Å². The molecule has 6 nitrogen and oxygen atoms in total. The molecule has 0 aromatic rings. The van der Waals surface area contributed by atoms with Gasteiger partial charge in [0.2, 0.25) is 5.91 Å². The molecule has 1 amide bonds. The SMILES string of the molecule is CCCCC/C=C\C/C=C\C/C=C\C/C=C\CC(CC(=O)NC(CO)C(O)CCCCCCCCCCCCCCCCC)OC(=O)CCCCCCCCCCCCCCCC. The molecule has 0 saturated carbocycles. The Morgan fingerprint density at radius 3 is 1.27 bits per heavy atom. The number of rotatable bonds is 49. The Kier molecular flexibility index (Phi) is 49.1. The normalized spacial score (nSPS) is 13.5. The minimum absolute atomic E-state index is 0.00465. The molecule has 368 valence electrons. The maximum atomic E-state index is 13.2. The zero-order valence-electron chi connectivity index (χ0n) is 42.0. The fraction of sp³-hybridized carbons (Fsp3) is 0.825. The smallest absolute Gasteiger partial charge is 0.306 e. The van der Waals surface area contributed by atoms with Gasteiger partial charge in [-0.2, -0.15) is 0 Å². The molecule has 3 atom stereocenters. The average Bonchev–Trinajstić information content (AvgIpc) is 3.28. The van der Waals surface area contributed by atoms with Gasteiger partial charge in [0, 0.05) is 12.8 Å². The van der Waals surface area contributed by atoms with E-state index < -0.39 is 18.2 Å². The van der Waals surface area contributed by atoms with Crippen molar-refractivity contribution in [1.82, 2.24) is 5.32 Å². The second kappa shape index (κ2) is 50.8. The highest BCUT2D eigenvalue weighted by Gasteiger charge is 2.23. The molecule has 0 rings (SSSR count). The lowest BCUT2D eigenvalue weighted by molar-refractivity contribution is -0.150. The molecule has 0 aromatic heterocycles. The second-order valence-electron chi connectivity index (χ2n) is 18.6. The fourth-order valence-corrected chi connectivity index (χ4v) is 8.23. The van der Waals surface area contributed by atoms with Crippen molar-refractivity contribution in [3.8, 4) is 0 Å². The number of carbonyl (C=O) groups is 2. The van der Waals surface area contributed by atoms with Gasteiger partial charge in [0.15, 0.2) is 0 Å². The van der Waals surface area contributed by atoms with Gasteiger partial charge in [0.25, 0.3) is 0 Å². The first-order valence-electron chi connectivity index (χ1n) is 27.4. The van der Waals surface area contributed by atoms with Gasteiger partial charge in [-0.15, -0.1) is 0 Å². The number of amides is 1. The molecule has 0 heterocycles. The molecule has 0 radical (unpaired) electrons. The predicted octanol–water partition coefficient (Wildman–Crippen LogP) is 16.6. The quantitative estimate of drug-likeness (QED) is 0.0321. The summed E-state index contributed by atoms with van der Waals surface area (Å²) in [4.78, 5) is 26.1. The van der Waals surface area contributed by atoms with Crippen molar-refractivity contribution in [2.24, 2.45) is 0 Å². The van der Waals surface area contributed by atoms with E-state index in [0.29, 0.717) is 19.3 Å². The first-order valence-corrected chi connectivity index (χ1v) is 27.4. The Balaban J connectivity index is 4.66. The number of aliphatic hydroxyl groups is 2. The number of allylic oxidation sites excluding steroid dienone is 7. The van der Waals surface area contributed by atoms with Crippen molar-refractivity contribution in [3.63, 3.8) is 0 Å². The van der Waals surface area contributed by atoms with E-state index in [9.17, 15) is 19.8 Å². The third-order valence-corrected chi connectivity index (χ3v) is 12.4. The lowest BCUT2D eigenvalue weighted by Crippen LogP contribution is -2.46. The van der Waals surface area contributed by atoms with Gasteiger partial charge < -0.3 is 20.3 Å². The van der Waals surface area contributed by atoms with Crippen molar-refractivity contribution < 1.29 is 24.5 Å². The van der Waals surface area contributed by atoms with Crippen molar-refractivity contribution >= 4 is 11.9 Å². The third-order valence-electron chi connectivity index (χ3n) is 12.4. The molecule has 0 fully saturated rings. The Labute approximate surface area is 391 Å². The fourth-order valence-electron chi connectivity index (χ4n) is 8.23. The molecular formula is C57H105NO5. The summed E-state index contributed by atoms with van der Waals surface area (Å²) in [5, 5.41) is 23.8. The molecule has 0 saturated heterocycles. The van der Waals surface area contributed by atoms with Gasteiger partial charge in [-0.25, -0.2) is 0 Å². The van der Waals surface area contributed by atoms with Crippen LogP contribution < -0.4 is 5.32 Å². The predicted molar refractivity (Wildman–Crippen MR) is 273 cm³/mol. The summed E-state index contributed by atoms with van der Waals surface area (Å²) in [6, 6.07) is -0.729. The van der Waals surface area contributed by atoms with Crippen LogP contribution in [0.2, 0.25) is 0 Å². The molecule has 0 bridgehead atoms. The number of carbonyl (C=O) groups excluding carboxylic acids is 2. The first kappa shape index (κ1) is 60.8. The van der Waals surface area contributed by atoms with Gasteiger partial charge in [0.05, 0.1) is 25.2 Å². The van der Waals surface area contributed by atoms with Gasteiger partial charge in [-0.3, -0.25) is 9.59 Å². The number of esters is 1. The molecule has 0 aromatic carbocycles. The van der Waals surface area contributed by atoms with Gasteiger partial charge in [-0.1, -0.05) is 262 Å². The molecule has 3 unspecified atom stereocenters. The first-order chi connectivity index (χ1) is 31.0. The summed E-state index contributed by atoms with van der Waals surface area (Å²) >= 11 is 0. The number of hydrogen-bond donors (Lipinski definition) is 3. The van der Waals surface area contributed by atoms with Gasteiger partial charge in [-0.05, 0) is 44.9 Å². The van der Waals surface area contributed by atoms with Crippen molar-refractivity contribution in [2.75, 3.05) is 6.61 Å². The summed E-state index contributed by atoms with van der Waals surface area (Å²) in [6.07, 6.45) is 61.9. The summed E-state index contributed by atoms with van der Waals surface area (Å²) in [5.74, 6) is -0.565. The van der Waals surface area contributed by atoms with Crippen molar-refractivity contribution in [3.05, 3.63) is 48.6 Å². The van der Waals surface area contributed by atoms with Crippen LogP contribution in [0.3, 0.4) is 0 Å². The van der Waals surface area contributed by atoms with Crippen molar-refractivity contribution in [1.29, 1.82) is 0 Å². The molecule has 3 N–H and O–H groups in total. The van der Waals surface area contributed by atoms with Gasteiger partial charge >= 0.3 is 5.97 Å². The Bertz CT molecular complexity index is 1080. The standard InChI is InChI=1S/C57H105NO5/c1-4-7-10-13-16-19-22-25-28-30-33-36-39-42-45-48-53(63-57(62)50-47-44-41-38-35-32-27-24-21-18-15-12-9-6-3)51-56(61)58-54(52-59)55(60)49-46-43-40-37-34-31-29-26-23-20-17-14-11-8-5-2/h16,19,25,28,33,36,42,45,53-55,59-60H,4-15,17-18,20-24,26-27,29-32,34-35,37-41,43-44,46-52H2,1-3H3,(H,58,61)/b19-16-,28-25-,36-33-,45-42-. The maximum absolute atomic E-state index is 13.2. The van der Waals surface area contributed by atoms with Crippen LogP contribution in [0.5, 0.6) is 0 Å². The van der Waals surface area contributed by atoms with Crippen LogP contribution in [0.4, 0.5) is 0 Å². The molecule has 63 heavy (non-hydrogen) atoms. The topological polar surface area (TPSA) is 95.9 Å². The summed E-state index contributed by atoms with van der Waals surface area (Å²) in [7, 11) is 0. The Morgan fingerprint density at radius 1 is 0.476 bits per heavy atom. The van der Waals surface area contributed by atoms with Crippen LogP contribution in [0.25, 0.3) is 0 Å². The molecule has 0 spiro atoms. The number of ether oxygens (including phenoxy) is 1. The lowest BCUT2D eigenvalue weighted by Gasteiger charge is -2.24. The summed E-state index contributed by atoms with van der Waals surface area (Å²) in [5.41, 5.74) is 0. The molecule has 0 aliphatic rings. The summed E-state index contributed by atoms with van der Waals surface area (Å²) < 4.78 is 5.88. The number of aliphatic hydroxyl groups excluding tert-OH is 2. The third kappa shape index (κ3) is 46.2. The second-order valence-corrected chi connectivity index (χ2v) is 18.6. The molecule has 0 aliphatic heterocycles. The van der Waals surface area contributed by atoms with E-state index in [4.69, 9.17) is 4.74 Å². The van der Waals surface area contributed by atoms with E-state index in [2.05, 4.69) is 68.6 Å². The minimum atomic E-state index is -0.809. The van der Waals surface area contributed by atoms with Crippen LogP contribution >= 0.6 is 0 Å². The molecule has 0 aliphatic carbocycles. The van der Waals surface area contributed by atoms with Crippen LogP contribution in [-0.2, 0) is 14.3 Å². The number of hydrogen-bond acceptors (Lipinski definition) is 5. The van der Waals surface area contributed by atoms with Crippen LogP contribution in [0, 0.1) is 0 Å². The van der Waals surface area contributed by atoms with Crippen LogP contribution in [0.1, 0.15) is 278 Å². The minimum Gasteiger partial charge on any atom is -0.461 e. The van der Waals surface area contributed by atoms with E-state index in [1.165, 1.54) is 173 Å². The summed E-state index contributed by atoms with van der Waals surface area (Å²) in [6.45, 7) is 6.45. The van der Waals surface area contributed by atoms with E-state index in [1.54, 1.807) is 0 Å². The van der Waals surface area contributed by atoms with E-state index in [-0.39, 0.29) is 24.9 Å². The maximum Gasteiger partial charge on any atom is 0.306 e. The zero-order valence-corrected chi connectivity index (χ0v) is 42.0. The van der Waals surface area contributed by atoms with E-state index in [0.717, 1.165) is 57.8 Å². The Hall–Kier alpha value is -2.18. The molecular weight excluding hydrogens is 779 g/mol. The average molecular weight is 884 g/mol. The van der Waals surface area contributed by atoms with E-state index in [1.807, 2.05) is 6.08 Å². The highest BCUT2D eigenvalue weighted by molar-refractivity contribution is 5.77. The molecule has 6 heteroatoms. The van der Waals surface area contributed by atoms with Crippen LogP contribution in [-0.4, -0.2) is 46.9 Å². The number of unbranched alkanes of at least 4 members (excludes halogenated alkanes) is 30. The zero-order chi connectivity index (χ0) is 45.9. The largest absolute Gasteiger partial charge is 0.461 e. The van der Waals surface area contributed by atoms with Gasteiger partial charge in [0.1, 0.15) is 6.10 Å². The van der Waals surface area contributed by atoms with Crippen molar-refractivity contribution in [2.45, 2.75) is 296 Å². The highest BCUT2D eigenvalue weighted by Crippen LogP contribution is 2.17. The Morgan fingerprint density at radius 2 is 0.841 bits per heavy atom. The number of nitrogens with one attached hydrogen (secondary N) is 1. The lowest BCUT2D eigenvalue weighted by atomic mass is 10.0.